The van der Waals surface area contributed by atoms with Gasteiger partial charge in [-0.05, 0) is 37.4 Å². The highest BCUT2D eigenvalue weighted by Gasteiger charge is 2.22. The zero-order chi connectivity index (χ0) is 12.3. The third-order valence-electron chi connectivity index (χ3n) is 3.75. The van der Waals surface area contributed by atoms with Crippen LogP contribution in [0.2, 0.25) is 5.02 Å². The molecule has 1 nitrogen and oxygen atoms in total. The molecule has 0 radical (unpaired) electrons. The summed E-state index contributed by atoms with van der Waals surface area (Å²) in [6.07, 6.45) is 6.03. The van der Waals surface area contributed by atoms with Crippen molar-refractivity contribution in [1.82, 2.24) is 5.32 Å². The summed E-state index contributed by atoms with van der Waals surface area (Å²) in [5, 5.41) is 3.59. The third kappa shape index (κ3) is 3.20. The largest absolute Gasteiger partial charge is 0.317 e. The summed E-state index contributed by atoms with van der Waals surface area (Å²) in [6.45, 7) is 0. The second-order valence-corrected chi connectivity index (χ2v) is 5.31. The maximum atomic E-state index is 13.3. The number of benzene rings is 1. The summed E-state index contributed by atoms with van der Waals surface area (Å²) >= 11 is 5.98. The first-order chi connectivity index (χ1) is 8.20. The van der Waals surface area contributed by atoms with Gasteiger partial charge < -0.3 is 5.32 Å². The Kier molecular flexibility index (Phi) is 4.41. The van der Waals surface area contributed by atoms with Crippen molar-refractivity contribution in [2.24, 2.45) is 5.92 Å². The van der Waals surface area contributed by atoms with Gasteiger partial charge in [0.05, 0.1) is 5.02 Å². The number of hydrogen-bond donors (Lipinski definition) is 1. The zero-order valence-electron chi connectivity index (χ0n) is 10.2. The predicted molar refractivity (Wildman–Crippen MR) is 69.9 cm³/mol. The minimum atomic E-state index is -0.317. The summed E-state index contributed by atoms with van der Waals surface area (Å²) in [6, 6.07) is 5.45. The summed E-state index contributed by atoms with van der Waals surface area (Å²) in [4.78, 5) is 0. The van der Waals surface area contributed by atoms with Crippen LogP contribution in [0.25, 0.3) is 0 Å². The zero-order valence-corrected chi connectivity index (χ0v) is 10.9. The summed E-state index contributed by atoms with van der Waals surface area (Å²) in [5.41, 5.74) is 0.908. The van der Waals surface area contributed by atoms with E-state index >= 15 is 0 Å². The van der Waals surface area contributed by atoms with E-state index in [1.54, 1.807) is 6.07 Å². The quantitative estimate of drug-likeness (QED) is 0.844. The van der Waals surface area contributed by atoms with E-state index in [4.69, 9.17) is 11.6 Å². The third-order valence-corrected chi connectivity index (χ3v) is 4.17. The molecule has 0 amide bonds. The van der Waals surface area contributed by atoms with Crippen molar-refractivity contribution in [2.45, 2.75) is 38.1 Å². The summed E-state index contributed by atoms with van der Waals surface area (Å²) in [7, 11) is 1.97. The highest BCUT2D eigenvalue weighted by Crippen LogP contribution is 2.31. The first-order valence-electron chi connectivity index (χ1n) is 6.31. The summed E-state index contributed by atoms with van der Waals surface area (Å²) < 4.78 is 13.3. The maximum Gasteiger partial charge on any atom is 0.142 e. The van der Waals surface area contributed by atoms with Crippen LogP contribution in [0.5, 0.6) is 0 Å². The van der Waals surface area contributed by atoms with Crippen LogP contribution in [-0.2, 0) is 6.42 Å². The van der Waals surface area contributed by atoms with E-state index in [9.17, 15) is 4.39 Å². The molecule has 1 unspecified atom stereocenters. The van der Waals surface area contributed by atoms with Crippen LogP contribution < -0.4 is 5.32 Å². The average Bonchev–Trinajstić information content (AvgIpc) is 2.27. The maximum absolute atomic E-state index is 13.3. The van der Waals surface area contributed by atoms with Crippen LogP contribution in [0.3, 0.4) is 0 Å². The van der Waals surface area contributed by atoms with Crippen LogP contribution in [0, 0.1) is 11.7 Å². The molecule has 3 heteroatoms. The van der Waals surface area contributed by atoms with Gasteiger partial charge in [-0.25, -0.2) is 4.39 Å². The van der Waals surface area contributed by atoms with E-state index in [0.717, 1.165) is 17.9 Å². The molecule has 1 aliphatic carbocycles. The van der Waals surface area contributed by atoms with Crippen molar-refractivity contribution >= 4 is 11.6 Å². The van der Waals surface area contributed by atoms with Gasteiger partial charge in [0.2, 0.25) is 0 Å². The van der Waals surface area contributed by atoms with Crippen LogP contribution in [0.15, 0.2) is 18.2 Å². The number of halogens is 2. The highest BCUT2D eigenvalue weighted by molar-refractivity contribution is 6.31. The predicted octanol–water partition coefficient (Wildman–Crippen LogP) is 3.80. The van der Waals surface area contributed by atoms with Gasteiger partial charge in [0, 0.05) is 6.04 Å². The van der Waals surface area contributed by atoms with Gasteiger partial charge in [-0.15, -0.1) is 0 Å². The van der Waals surface area contributed by atoms with Crippen LogP contribution >= 0.6 is 11.6 Å². The lowest BCUT2D eigenvalue weighted by molar-refractivity contribution is 0.263. The van der Waals surface area contributed by atoms with Gasteiger partial charge in [0.1, 0.15) is 5.82 Å². The van der Waals surface area contributed by atoms with E-state index in [-0.39, 0.29) is 10.8 Å². The molecule has 1 aromatic carbocycles. The SMILES string of the molecule is CNC(Cc1cccc(F)c1Cl)CC1CCC1. The Labute approximate surface area is 107 Å². The summed E-state index contributed by atoms with van der Waals surface area (Å²) in [5.74, 6) is 0.530. The van der Waals surface area contributed by atoms with Crippen molar-refractivity contribution in [3.05, 3.63) is 34.6 Å². The second-order valence-electron chi connectivity index (χ2n) is 4.94. The Morgan fingerprint density at radius 3 is 2.82 bits per heavy atom. The fourth-order valence-electron chi connectivity index (χ4n) is 2.41. The van der Waals surface area contributed by atoms with Crippen molar-refractivity contribution in [2.75, 3.05) is 7.05 Å². The lowest BCUT2D eigenvalue weighted by Crippen LogP contribution is -2.32. The van der Waals surface area contributed by atoms with E-state index < -0.39 is 0 Å². The van der Waals surface area contributed by atoms with E-state index in [2.05, 4.69) is 5.32 Å². The molecule has 1 fully saturated rings. The monoisotopic (exact) mass is 255 g/mol. The molecule has 0 heterocycles. The van der Waals surface area contributed by atoms with Gasteiger partial charge in [-0.2, -0.15) is 0 Å². The topological polar surface area (TPSA) is 12.0 Å². The molecular formula is C14H19ClFN. The van der Waals surface area contributed by atoms with Gasteiger partial charge in [0.15, 0.2) is 0 Å². The Morgan fingerprint density at radius 1 is 1.47 bits per heavy atom. The van der Waals surface area contributed by atoms with Crippen molar-refractivity contribution in [3.63, 3.8) is 0 Å². The molecule has 1 N–H and O–H groups in total. The molecule has 1 aromatic rings. The average molecular weight is 256 g/mol. The Balaban J connectivity index is 1.99. The molecule has 0 aromatic heterocycles. The molecule has 1 aliphatic rings. The number of likely N-dealkylation sites (N-methyl/N-ethyl adjacent to an activating group) is 1. The minimum Gasteiger partial charge on any atom is -0.317 e. The van der Waals surface area contributed by atoms with E-state index in [0.29, 0.717) is 6.04 Å². The molecule has 1 atom stereocenters. The number of nitrogens with one attached hydrogen (secondary N) is 1. The normalized spacial score (nSPS) is 17.8. The van der Waals surface area contributed by atoms with Crippen LogP contribution in [-0.4, -0.2) is 13.1 Å². The highest BCUT2D eigenvalue weighted by atomic mass is 35.5. The molecule has 1 saturated carbocycles. The van der Waals surface area contributed by atoms with Crippen molar-refractivity contribution in [3.8, 4) is 0 Å². The fraction of sp³-hybridized carbons (Fsp3) is 0.571. The van der Waals surface area contributed by atoms with E-state index in [1.807, 2.05) is 13.1 Å². The number of rotatable bonds is 5. The van der Waals surface area contributed by atoms with Gasteiger partial charge in [-0.3, -0.25) is 0 Å². The van der Waals surface area contributed by atoms with Crippen LogP contribution in [0.1, 0.15) is 31.2 Å². The first-order valence-corrected chi connectivity index (χ1v) is 6.68. The van der Waals surface area contributed by atoms with Crippen molar-refractivity contribution in [1.29, 1.82) is 0 Å². The Hall–Kier alpha value is -0.600. The lowest BCUT2D eigenvalue weighted by atomic mass is 9.80. The number of hydrogen-bond acceptors (Lipinski definition) is 1. The molecule has 0 aliphatic heterocycles. The Morgan fingerprint density at radius 2 is 2.24 bits per heavy atom. The molecule has 0 spiro atoms. The molecule has 0 bridgehead atoms. The van der Waals surface area contributed by atoms with Gasteiger partial charge in [-0.1, -0.05) is 43.0 Å². The van der Waals surface area contributed by atoms with Crippen molar-refractivity contribution < 1.29 is 4.39 Å². The molecular weight excluding hydrogens is 237 g/mol. The second kappa shape index (κ2) is 5.83. The van der Waals surface area contributed by atoms with Gasteiger partial charge >= 0.3 is 0 Å². The fourth-order valence-corrected chi connectivity index (χ4v) is 2.61. The minimum absolute atomic E-state index is 0.279. The molecule has 17 heavy (non-hydrogen) atoms. The first kappa shape index (κ1) is 12.8. The molecule has 2 rings (SSSR count). The Bertz CT molecular complexity index is 376. The molecule has 0 saturated heterocycles. The van der Waals surface area contributed by atoms with E-state index in [1.165, 1.54) is 31.7 Å². The smallest absolute Gasteiger partial charge is 0.142 e. The molecule has 94 valence electrons. The lowest BCUT2D eigenvalue weighted by Gasteiger charge is -2.29. The van der Waals surface area contributed by atoms with Gasteiger partial charge in [0.25, 0.3) is 0 Å². The standard InChI is InChI=1S/C14H19ClFN/c1-17-12(8-10-4-2-5-10)9-11-6-3-7-13(16)14(11)15/h3,6-7,10,12,17H,2,4-5,8-9H2,1H3. The van der Waals surface area contributed by atoms with Crippen LogP contribution in [0.4, 0.5) is 4.39 Å².